The fourth-order valence-electron chi connectivity index (χ4n) is 3.38. The van der Waals surface area contributed by atoms with Gasteiger partial charge in [0.1, 0.15) is 17.1 Å². The highest BCUT2D eigenvalue weighted by molar-refractivity contribution is 9.10. The van der Waals surface area contributed by atoms with Gasteiger partial charge in [0.15, 0.2) is 5.76 Å². The Bertz CT molecular complexity index is 1500. The number of carbonyl (C=O) groups is 2. The van der Waals surface area contributed by atoms with Crippen LogP contribution in [0.25, 0.3) is 17.0 Å². The Kier molecular flexibility index (Phi) is 5.02. The molecular formula is C24H12BrNO7. The lowest BCUT2D eigenvalue weighted by Crippen LogP contribution is -2.07. The highest BCUT2D eigenvalue weighted by atomic mass is 79.9. The smallest absolute Gasteiger partial charge is 0.379 e. The van der Waals surface area contributed by atoms with Gasteiger partial charge in [0.05, 0.1) is 10.5 Å². The molecule has 0 N–H and O–H groups in total. The van der Waals surface area contributed by atoms with Crippen LogP contribution in [0, 0.1) is 10.1 Å². The lowest BCUT2D eigenvalue weighted by Gasteiger charge is -2.04. The van der Waals surface area contributed by atoms with Crippen molar-refractivity contribution in [2.45, 2.75) is 0 Å². The third-order valence-corrected chi connectivity index (χ3v) is 5.40. The molecule has 0 saturated heterocycles. The number of ketones is 1. The van der Waals surface area contributed by atoms with Gasteiger partial charge in [0.25, 0.3) is 5.69 Å². The normalized spacial score (nSPS) is 13.7. The van der Waals surface area contributed by atoms with Crippen molar-refractivity contribution >= 4 is 50.4 Å². The summed E-state index contributed by atoms with van der Waals surface area (Å²) in [5.74, 6) is -0.639. The van der Waals surface area contributed by atoms with E-state index in [-0.39, 0.29) is 34.5 Å². The third-order valence-electron chi connectivity index (χ3n) is 4.91. The number of nitro groups is 1. The molecule has 4 aromatic rings. The molecule has 33 heavy (non-hydrogen) atoms. The number of allylic oxidation sites excluding steroid dienone is 1. The van der Waals surface area contributed by atoms with Crippen molar-refractivity contribution in [3.8, 4) is 11.5 Å². The summed E-state index contributed by atoms with van der Waals surface area (Å²) >= 11 is 3.37. The van der Waals surface area contributed by atoms with Gasteiger partial charge in [-0.15, -0.1) is 0 Å². The summed E-state index contributed by atoms with van der Waals surface area (Å²) in [7, 11) is 0. The summed E-state index contributed by atoms with van der Waals surface area (Å²) in [6, 6.07) is 17.2. The molecule has 162 valence electrons. The molecule has 0 bridgehead atoms. The molecule has 1 aliphatic heterocycles. The number of fused-ring (bicyclic) bond motifs is 2. The van der Waals surface area contributed by atoms with Crippen molar-refractivity contribution in [1.29, 1.82) is 0 Å². The Morgan fingerprint density at radius 1 is 1.06 bits per heavy atom. The number of nitrogens with zero attached hydrogens (tertiary/aromatic N) is 1. The predicted octanol–water partition coefficient (Wildman–Crippen LogP) is 5.94. The maximum absolute atomic E-state index is 12.6. The number of hydrogen-bond acceptors (Lipinski definition) is 7. The predicted molar refractivity (Wildman–Crippen MR) is 121 cm³/mol. The van der Waals surface area contributed by atoms with E-state index in [1.54, 1.807) is 24.3 Å². The first-order valence-electron chi connectivity index (χ1n) is 9.61. The number of carbonyl (C=O) groups excluding carboxylic acids is 2. The molecular weight excluding hydrogens is 494 g/mol. The molecule has 2 heterocycles. The Balaban J connectivity index is 1.37. The minimum absolute atomic E-state index is 0.0110. The molecule has 0 aliphatic carbocycles. The van der Waals surface area contributed by atoms with Crippen molar-refractivity contribution in [2.24, 2.45) is 0 Å². The van der Waals surface area contributed by atoms with Crippen molar-refractivity contribution in [3.05, 3.63) is 104 Å². The van der Waals surface area contributed by atoms with Crippen LogP contribution in [0.1, 0.15) is 26.5 Å². The average Bonchev–Trinajstić information content (AvgIpc) is 3.34. The van der Waals surface area contributed by atoms with E-state index >= 15 is 0 Å². The largest absolute Gasteiger partial charge is 0.452 e. The standard InChI is InChI=1S/C24H12BrNO7/c25-15-4-7-19-14(10-15)11-22(32-19)24(28)31-17-5-6-18-20(12-17)33-21(23(18)27)9-13-2-1-3-16(8-13)26(29)30/h1-12H/b21-9-. The zero-order valence-corrected chi connectivity index (χ0v) is 18.2. The van der Waals surface area contributed by atoms with Crippen LogP contribution in [-0.2, 0) is 0 Å². The van der Waals surface area contributed by atoms with Gasteiger partial charge in [0.2, 0.25) is 11.5 Å². The number of halogens is 1. The second-order valence-electron chi connectivity index (χ2n) is 7.13. The van der Waals surface area contributed by atoms with Crippen LogP contribution in [0.5, 0.6) is 11.5 Å². The second-order valence-corrected chi connectivity index (χ2v) is 8.05. The van der Waals surface area contributed by atoms with E-state index in [2.05, 4.69) is 15.9 Å². The first kappa shape index (κ1) is 20.7. The highest BCUT2D eigenvalue weighted by Crippen LogP contribution is 2.35. The van der Waals surface area contributed by atoms with E-state index < -0.39 is 10.9 Å². The minimum Gasteiger partial charge on any atom is -0.452 e. The zero-order valence-electron chi connectivity index (χ0n) is 16.6. The highest BCUT2D eigenvalue weighted by Gasteiger charge is 2.28. The molecule has 8 nitrogen and oxygen atoms in total. The molecule has 3 aromatic carbocycles. The van der Waals surface area contributed by atoms with E-state index in [4.69, 9.17) is 13.9 Å². The van der Waals surface area contributed by atoms with Crippen LogP contribution >= 0.6 is 15.9 Å². The van der Waals surface area contributed by atoms with Crippen LogP contribution in [-0.4, -0.2) is 16.7 Å². The monoisotopic (exact) mass is 505 g/mol. The molecule has 0 atom stereocenters. The number of ether oxygens (including phenoxy) is 2. The van der Waals surface area contributed by atoms with Gasteiger partial charge in [-0.1, -0.05) is 28.1 Å². The second kappa shape index (κ2) is 8.03. The van der Waals surface area contributed by atoms with Gasteiger partial charge in [-0.3, -0.25) is 14.9 Å². The molecule has 0 amide bonds. The van der Waals surface area contributed by atoms with E-state index in [0.29, 0.717) is 16.7 Å². The van der Waals surface area contributed by atoms with Crippen LogP contribution < -0.4 is 9.47 Å². The topological polar surface area (TPSA) is 109 Å². The van der Waals surface area contributed by atoms with E-state index in [1.165, 1.54) is 42.5 Å². The number of furan rings is 1. The number of non-ortho nitro benzene ring substituents is 1. The Morgan fingerprint density at radius 2 is 1.91 bits per heavy atom. The average molecular weight is 506 g/mol. The SMILES string of the molecule is O=C(Oc1ccc2c(c1)O/C(=C\c1cccc([N+](=O)[O-])c1)C2=O)c1cc2cc(Br)ccc2o1. The molecule has 0 unspecified atom stereocenters. The summed E-state index contributed by atoms with van der Waals surface area (Å²) in [6.07, 6.45) is 1.42. The van der Waals surface area contributed by atoms with Crippen LogP contribution in [0.4, 0.5) is 5.69 Å². The van der Waals surface area contributed by atoms with Gasteiger partial charge >= 0.3 is 5.97 Å². The van der Waals surface area contributed by atoms with Gasteiger partial charge < -0.3 is 13.9 Å². The summed E-state index contributed by atoms with van der Waals surface area (Å²) in [4.78, 5) is 35.6. The Labute approximate surface area is 194 Å². The van der Waals surface area contributed by atoms with Crippen LogP contribution in [0.2, 0.25) is 0 Å². The Hall–Kier alpha value is -4.24. The number of rotatable bonds is 4. The van der Waals surface area contributed by atoms with Gasteiger partial charge in [-0.2, -0.15) is 0 Å². The molecule has 1 aromatic heterocycles. The molecule has 9 heteroatoms. The number of nitro benzene ring substituents is 1. The van der Waals surface area contributed by atoms with E-state index in [0.717, 1.165) is 9.86 Å². The van der Waals surface area contributed by atoms with Gasteiger partial charge in [0, 0.05) is 28.1 Å². The van der Waals surface area contributed by atoms with Crippen LogP contribution in [0.15, 0.2) is 81.4 Å². The number of Topliss-reactive ketones (excluding diaryl/α,β-unsaturated/α-hetero) is 1. The van der Waals surface area contributed by atoms with Crippen molar-refractivity contribution in [2.75, 3.05) is 0 Å². The summed E-state index contributed by atoms with van der Waals surface area (Å²) in [6.45, 7) is 0. The maximum Gasteiger partial charge on any atom is 0.379 e. The molecule has 0 saturated carbocycles. The first-order chi connectivity index (χ1) is 15.9. The third kappa shape index (κ3) is 4.01. The van der Waals surface area contributed by atoms with E-state index in [9.17, 15) is 19.7 Å². The number of hydrogen-bond donors (Lipinski definition) is 0. The van der Waals surface area contributed by atoms with Crippen molar-refractivity contribution in [3.63, 3.8) is 0 Å². The molecule has 0 spiro atoms. The first-order valence-corrected chi connectivity index (χ1v) is 10.4. The van der Waals surface area contributed by atoms with Gasteiger partial charge in [-0.25, -0.2) is 4.79 Å². The molecule has 0 radical (unpaired) electrons. The zero-order chi connectivity index (χ0) is 23.1. The van der Waals surface area contributed by atoms with E-state index in [1.807, 2.05) is 6.07 Å². The minimum atomic E-state index is -0.695. The fraction of sp³-hybridized carbons (Fsp3) is 0. The number of esters is 1. The summed E-state index contributed by atoms with van der Waals surface area (Å²) in [5.41, 5.74) is 1.19. The molecule has 5 rings (SSSR count). The fourth-order valence-corrected chi connectivity index (χ4v) is 3.76. The molecule has 1 aliphatic rings. The van der Waals surface area contributed by atoms with Gasteiger partial charge in [-0.05, 0) is 48.0 Å². The van der Waals surface area contributed by atoms with Crippen LogP contribution in [0.3, 0.4) is 0 Å². The maximum atomic E-state index is 12.6. The Morgan fingerprint density at radius 3 is 2.73 bits per heavy atom. The van der Waals surface area contributed by atoms with Crippen molar-refractivity contribution in [1.82, 2.24) is 0 Å². The summed E-state index contributed by atoms with van der Waals surface area (Å²) in [5, 5.41) is 11.7. The lowest BCUT2D eigenvalue weighted by molar-refractivity contribution is -0.384. The quantitative estimate of drug-likeness (QED) is 0.111. The molecule has 0 fully saturated rings. The van der Waals surface area contributed by atoms with Crippen molar-refractivity contribution < 1.29 is 28.4 Å². The number of benzene rings is 3. The summed E-state index contributed by atoms with van der Waals surface area (Å²) < 4.78 is 17.4. The lowest BCUT2D eigenvalue weighted by atomic mass is 10.1.